The molecule has 3 N–H and O–H groups in total. The number of fused-ring (bicyclic) bond motifs is 1. The monoisotopic (exact) mass is 331 g/mol. The van der Waals surface area contributed by atoms with Crippen LogP contribution in [0.25, 0.3) is 10.8 Å². The number of nitrogens with one attached hydrogen (secondary N) is 1. The standard InChI is InChI=1S/C15H11BrFN3/c16-11-2-1-3-12(17)15(11)20-14-5-4-13(18)10-8-19-7-6-9(10)14/h1-8,20H,18H2. The minimum Gasteiger partial charge on any atom is -0.398 e. The van der Waals surface area contributed by atoms with Gasteiger partial charge in [0.1, 0.15) is 5.82 Å². The normalized spacial score (nSPS) is 10.7. The van der Waals surface area contributed by atoms with Gasteiger partial charge in [-0.15, -0.1) is 0 Å². The molecule has 0 spiro atoms. The van der Waals surface area contributed by atoms with Crippen molar-refractivity contribution in [2.24, 2.45) is 0 Å². The summed E-state index contributed by atoms with van der Waals surface area (Å²) in [4.78, 5) is 4.07. The molecular weight excluding hydrogens is 321 g/mol. The lowest BCUT2D eigenvalue weighted by molar-refractivity contribution is 0.631. The molecule has 0 amide bonds. The van der Waals surface area contributed by atoms with Crippen molar-refractivity contribution in [3.63, 3.8) is 0 Å². The highest BCUT2D eigenvalue weighted by atomic mass is 79.9. The quantitative estimate of drug-likeness (QED) is 0.681. The van der Waals surface area contributed by atoms with Gasteiger partial charge in [-0.1, -0.05) is 6.07 Å². The zero-order chi connectivity index (χ0) is 14.1. The van der Waals surface area contributed by atoms with Gasteiger partial charge in [0.2, 0.25) is 0 Å². The van der Waals surface area contributed by atoms with E-state index in [9.17, 15) is 4.39 Å². The first-order chi connectivity index (χ1) is 9.66. The minimum absolute atomic E-state index is 0.321. The summed E-state index contributed by atoms with van der Waals surface area (Å²) in [5, 5.41) is 4.84. The Balaban J connectivity index is 2.14. The zero-order valence-electron chi connectivity index (χ0n) is 10.4. The summed E-state index contributed by atoms with van der Waals surface area (Å²) < 4.78 is 14.5. The van der Waals surface area contributed by atoms with Crippen LogP contribution in [-0.2, 0) is 0 Å². The fourth-order valence-electron chi connectivity index (χ4n) is 2.07. The molecule has 3 rings (SSSR count). The number of nitrogens with zero attached hydrogens (tertiary/aromatic N) is 1. The summed E-state index contributed by atoms with van der Waals surface area (Å²) in [7, 11) is 0. The maximum absolute atomic E-state index is 13.9. The zero-order valence-corrected chi connectivity index (χ0v) is 12.0. The highest BCUT2D eigenvalue weighted by Gasteiger charge is 2.09. The third-order valence-corrected chi connectivity index (χ3v) is 3.74. The van der Waals surface area contributed by atoms with Crippen molar-refractivity contribution < 1.29 is 4.39 Å². The van der Waals surface area contributed by atoms with Gasteiger partial charge in [-0.25, -0.2) is 4.39 Å². The SMILES string of the molecule is Nc1ccc(Nc2c(F)cccc2Br)c2ccncc12. The van der Waals surface area contributed by atoms with E-state index in [4.69, 9.17) is 5.73 Å². The van der Waals surface area contributed by atoms with E-state index in [1.807, 2.05) is 12.1 Å². The van der Waals surface area contributed by atoms with Crippen LogP contribution in [-0.4, -0.2) is 4.98 Å². The second-order valence-electron chi connectivity index (χ2n) is 4.35. The summed E-state index contributed by atoms with van der Waals surface area (Å²) in [6.07, 6.45) is 3.38. The number of nitrogen functional groups attached to an aromatic ring is 1. The predicted molar refractivity (Wildman–Crippen MR) is 83.5 cm³/mol. The van der Waals surface area contributed by atoms with Crippen molar-refractivity contribution in [2.45, 2.75) is 0 Å². The number of para-hydroxylation sites is 1. The second-order valence-corrected chi connectivity index (χ2v) is 5.20. The number of halogens is 2. The van der Waals surface area contributed by atoms with Crippen LogP contribution in [0.2, 0.25) is 0 Å². The molecule has 0 bridgehead atoms. The first-order valence-corrected chi connectivity index (χ1v) is 6.79. The Morgan fingerprint density at radius 2 is 1.95 bits per heavy atom. The Bertz CT molecular complexity index is 769. The van der Waals surface area contributed by atoms with Gasteiger partial charge in [0.15, 0.2) is 0 Å². The summed E-state index contributed by atoms with van der Waals surface area (Å²) in [6.45, 7) is 0. The number of hydrogen-bond acceptors (Lipinski definition) is 3. The average Bonchev–Trinajstić information content (AvgIpc) is 2.46. The molecule has 0 unspecified atom stereocenters. The number of benzene rings is 2. The Hall–Kier alpha value is -2.14. The van der Waals surface area contributed by atoms with E-state index in [1.165, 1.54) is 6.07 Å². The van der Waals surface area contributed by atoms with Crippen molar-refractivity contribution in [3.8, 4) is 0 Å². The van der Waals surface area contributed by atoms with E-state index in [1.54, 1.807) is 30.6 Å². The smallest absolute Gasteiger partial charge is 0.147 e. The second kappa shape index (κ2) is 5.09. The molecule has 0 aliphatic carbocycles. The van der Waals surface area contributed by atoms with E-state index in [0.29, 0.717) is 15.8 Å². The lowest BCUT2D eigenvalue weighted by atomic mass is 10.1. The topological polar surface area (TPSA) is 50.9 Å². The number of rotatable bonds is 2. The van der Waals surface area contributed by atoms with Crippen LogP contribution in [0.4, 0.5) is 21.5 Å². The fourth-order valence-corrected chi connectivity index (χ4v) is 2.51. The van der Waals surface area contributed by atoms with Gasteiger partial charge in [0.05, 0.1) is 5.69 Å². The molecule has 3 aromatic rings. The molecule has 100 valence electrons. The lowest BCUT2D eigenvalue weighted by Gasteiger charge is -2.13. The predicted octanol–water partition coefficient (Wildman–Crippen LogP) is 4.46. The molecule has 1 aromatic heterocycles. The molecule has 3 nitrogen and oxygen atoms in total. The van der Waals surface area contributed by atoms with E-state index in [-0.39, 0.29) is 5.82 Å². The Kier molecular flexibility index (Phi) is 3.28. The van der Waals surface area contributed by atoms with Crippen LogP contribution in [0.5, 0.6) is 0 Å². The summed E-state index contributed by atoms with van der Waals surface area (Å²) in [5.74, 6) is -0.321. The molecular formula is C15H11BrFN3. The maximum Gasteiger partial charge on any atom is 0.147 e. The van der Waals surface area contributed by atoms with Crippen LogP contribution in [0.3, 0.4) is 0 Å². The van der Waals surface area contributed by atoms with Crippen molar-refractivity contribution in [1.29, 1.82) is 0 Å². The van der Waals surface area contributed by atoms with E-state index < -0.39 is 0 Å². The summed E-state index contributed by atoms with van der Waals surface area (Å²) in [5.41, 5.74) is 7.75. The van der Waals surface area contributed by atoms with E-state index in [0.717, 1.165) is 16.5 Å². The molecule has 0 aliphatic rings. The first kappa shape index (κ1) is 12.9. The van der Waals surface area contributed by atoms with Crippen LogP contribution < -0.4 is 11.1 Å². The average molecular weight is 332 g/mol. The molecule has 1 heterocycles. The Labute approximate surface area is 123 Å². The van der Waals surface area contributed by atoms with Crippen molar-refractivity contribution in [3.05, 3.63) is 59.1 Å². The first-order valence-electron chi connectivity index (χ1n) is 6.00. The van der Waals surface area contributed by atoms with Crippen molar-refractivity contribution in [2.75, 3.05) is 11.1 Å². The number of pyridine rings is 1. The maximum atomic E-state index is 13.9. The highest BCUT2D eigenvalue weighted by molar-refractivity contribution is 9.10. The Morgan fingerprint density at radius 1 is 1.10 bits per heavy atom. The lowest BCUT2D eigenvalue weighted by Crippen LogP contribution is -1.97. The molecule has 20 heavy (non-hydrogen) atoms. The number of aromatic nitrogens is 1. The van der Waals surface area contributed by atoms with Gasteiger partial charge in [0, 0.05) is 39.0 Å². The van der Waals surface area contributed by atoms with Crippen molar-refractivity contribution in [1.82, 2.24) is 4.98 Å². The van der Waals surface area contributed by atoms with Crippen molar-refractivity contribution >= 4 is 43.8 Å². The fraction of sp³-hybridized carbons (Fsp3) is 0. The largest absolute Gasteiger partial charge is 0.398 e. The van der Waals surface area contributed by atoms with E-state index in [2.05, 4.69) is 26.2 Å². The van der Waals surface area contributed by atoms with Gasteiger partial charge in [-0.3, -0.25) is 4.98 Å². The van der Waals surface area contributed by atoms with Gasteiger partial charge < -0.3 is 11.1 Å². The third kappa shape index (κ3) is 2.20. The number of nitrogens with two attached hydrogens (primary N) is 1. The number of hydrogen-bond donors (Lipinski definition) is 2. The number of anilines is 3. The summed E-state index contributed by atoms with van der Waals surface area (Å²) >= 11 is 3.34. The van der Waals surface area contributed by atoms with Crippen LogP contribution in [0, 0.1) is 5.82 Å². The molecule has 0 saturated heterocycles. The van der Waals surface area contributed by atoms with Crippen LogP contribution in [0.1, 0.15) is 0 Å². The highest BCUT2D eigenvalue weighted by Crippen LogP contribution is 2.33. The molecule has 0 aliphatic heterocycles. The molecule has 0 saturated carbocycles. The molecule has 0 atom stereocenters. The molecule has 0 fully saturated rings. The molecule has 2 aromatic carbocycles. The molecule has 0 radical (unpaired) electrons. The van der Waals surface area contributed by atoms with Gasteiger partial charge >= 0.3 is 0 Å². The van der Waals surface area contributed by atoms with Gasteiger partial charge in [-0.05, 0) is 46.3 Å². The van der Waals surface area contributed by atoms with Crippen LogP contribution >= 0.6 is 15.9 Å². The third-order valence-electron chi connectivity index (χ3n) is 3.07. The Morgan fingerprint density at radius 3 is 2.75 bits per heavy atom. The molecule has 5 heteroatoms. The van der Waals surface area contributed by atoms with Gasteiger partial charge in [0.25, 0.3) is 0 Å². The summed E-state index contributed by atoms with van der Waals surface area (Å²) in [6, 6.07) is 10.3. The van der Waals surface area contributed by atoms with Gasteiger partial charge in [-0.2, -0.15) is 0 Å². The minimum atomic E-state index is -0.321. The van der Waals surface area contributed by atoms with E-state index >= 15 is 0 Å². The van der Waals surface area contributed by atoms with Crippen LogP contribution in [0.15, 0.2) is 53.3 Å².